The molecule has 27 heavy (non-hydrogen) atoms. The molecule has 2 aromatic carbocycles. The van der Waals surface area contributed by atoms with E-state index in [9.17, 15) is 4.39 Å². The summed E-state index contributed by atoms with van der Waals surface area (Å²) in [5.41, 5.74) is 8.58. The summed E-state index contributed by atoms with van der Waals surface area (Å²) in [4.78, 5) is 8.16. The van der Waals surface area contributed by atoms with E-state index in [1.54, 1.807) is 30.5 Å². The highest BCUT2D eigenvalue weighted by atomic mass is 127. The zero-order valence-corrected chi connectivity index (χ0v) is 17.1. The van der Waals surface area contributed by atoms with Crippen LogP contribution in [0.5, 0.6) is 11.5 Å². The van der Waals surface area contributed by atoms with E-state index in [1.807, 2.05) is 31.2 Å². The van der Waals surface area contributed by atoms with Crippen LogP contribution in [0.25, 0.3) is 0 Å². The SMILES string of the molecule is Cc1ccc(NC(N)=NCc2ccc(Oc3cccnc3)c(F)c2)cc1.I. The average Bonchev–Trinajstić information content (AvgIpc) is 2.65. The Morgan fingerprint density at radius 1 is 1.19 bits per heavy atom. The lowest BCUT2D eigenvalue weighted by Gasteiger charge is -2.08. The number of nitrogens with zero attached hydrogens (tertiary/aromatic N) is 2. The van der Waals surface area contributed by atoms with Crippen molar-refractivity contribution in [3.63, 3.8) is 0 Å². The summed E-state index contributed by atoms with van der Waals surface area (Å²) >= 11 is 0. The van der Waals surface area contributed by atoms with E-state index in [0.29, 0.717) is 11.3 Å². The minimum atomic E-state index is -0.466. The first-order chi connectivity index (χ1) is 12.6. The number of rotatable bonds is 5. The molecule has 0 fully saturated rings. The Kier molecular flexibility index (Phi) is 7.54. The Balaban J connectivity index is 0.00000261. The number of aryl methyl sites for hydroxylation is 1. The van der Waals surface area contributed by atoms with Gasteiger partial charge in [0.2, 0.25) is 0 Å². The number of nitrogens with two attached hydrogens (primary N) is 1. The third-order valence-corrected chi connectivity index (χ3v) is 3.61. The number of aromatic nitrogens is 1. The van der Waals surface area contributed by atoms with Crippen LogP contribution in [-0.2, 0) is 6.54 Å². The molecule has 0 unspecified atom stereocenters. The molecular formula is C20H20FIN4O. The molecule has 0 saturated carbocycles. The predicted molar refractivity (Wildman–Crippen MR) is 116 cm³/mol. The average molecular weight is 478 g/mol. The number of guanidine groups is 1. The van der Waals surface area contributed by atoms with Crippen LogP contribution < -0.4 is 15.8 Å². The highest BCUT2D eigenvalue weighted by Gasteiger charge is 2.06. The minimum absolute atomic E-state index is 0. The Hall–Kier alpha value is -2.68. The van der Waals surface area contributed by atoms with Crippen LogP contribution in [0.15, 0.2) is 72.0 Å². The van der Waals surface area contributed by atoms with Gasteiger partial charge in [-0.3, -0.25) is 4.98 Å². The van der Waals surface area contributed by atoms with Gasteiger partial charge in [-0.1, -0.05) is 23.8 Å². The van der Waals surface area contributed by atoms with E-state index in [4.69, 9.17) is 10.5 Å². The van der Waals surface area contributed by atoms with Crippen LogP contribution in [0, 0.1) is 12.7 Å². The first-order valence-electron chi connectivity index (χ1n) is 8.10. The van der Waals surface area contributed by atoms with Gasteiger partial charge < -0.3 is 15.8 Å². The Morgan fingerprint density at radius 3 is 2.63 bits per heavy atom. The fourth-order valence-corrected chi connectivity index (χ4v) is 2.26. The van der Waals surface area contributed by atoms with Crippen molar-refractivity contribution < 1.29 is 9.13 Å². The number of aliphatic imine (C=N–C) groups is 1. The normalized spacial score (nSPS) is 10.8. The van der Waals surface area contributed by atoms with Crippen molar-refractivity contribution in [2.45, 2.75) is 13.5 Å². The molecule has 0 radical (unpaired) electrons. The van der Waals surface area contributed by atoms with E-state index in [0.717, 1.165) is 11.3 Å². The van der Waals surface area contributed by atoms with E-state index in [2.05, 4.69) is 15.3 Å². The van der Waals surface area contributed by atoms with E-state index in [1.165, 1.54) is 12.3 Å². The summed E-state index contributed by atoms with van der Waals surface area (Å²) in [5.74, 6) is 0.414. The van der Waals surface area contributed by atoms with Gasteiger partial charge in [-0.2, -0.15) is 0 Å². The summed E-state index contributed by atoms with van der Waals surface area (Å²) < 4.78 is 19.7. The number of benzene rings is 2. The maximum atomic E-state index is 14.2. The summed E-state index contributed by atoms with van der Waals surface area (Å²) in [6, 6.07) is 15.9. The van der Waals surface area contributed by atoms with Crippen molar-refractivity contribution in [2.24, 2.45) is 10.7 Å². The largest absolute Gasteiger partial charge is 0.453 e. The lowest BCUT2D eigenvalue weighted by atomic mass is 10.2. The van der Waals surface area contributed by atoms with Crippen molar-refractivity contribution >= 4 is 35.6 Å². The van der Waals surface area contributed by atoms with Gasteiger partial charge in [0.1, 0.15) is 5.75 Å². The van der Waals surface area contributed by atoms with Gasteiger partial charge in [-0.15, -0.1) is 24.0 Å². The van der Waals surface area contributed by atoms with Gasteiger partial charge in [0.05, 0.1) is 12.7 Å². The van der Waals surface area contributed by atoms with E-state index < -0.39 is 5.82 Å². The van der Waals surface area contributed by atoms with Gasteiger partial charge in [0.15, 0.2) is 17.5 Å². The van der Waals surface area contributed by atoms with Crippen molar-refractivity contribution in [1.82, 2.24) is 4.98 Å². The number of hydrogen-bond acceptors (Lipinski definition) is 3. The predicted octanol–water partition coefficient (Wildman–Crippen LogP) is 4.87. The molecule has 3 N–H and O–H groups in total. The fourth-order valence-electron chi connectivity index (χ4n) is 2.26. The second kappa shape index (κ2) is 9.86. The van der Waals surface area contributed by atoms with E-state index in [-0.39, 0.29) is 42.2 Å². The number of pyridine rings is 1. The fraction of sp³-hybridized carbons (Fsp3) is 0.100. The van der Waals surface area contributed by atoms with Gasteiger partial charge in [0.25, 0.3) is 0 Å². The second-order valence-electron chi connectivity index (χ2n) is 5.75. The molecular weight excluding hydrogens is 458 g/mol. The lowest BCUT2D eigenvalue weighted by molar-refractivity contribution is 0.440. The Morgan fingerprint density at radius 2 is 1.96 bits per heavy atom. The first kappa shape index (κ1) is 20.6. The maximum absolute atomic E-state index is 14.2. The number of nitrogens with one attached hydrogen (secondary N) is 1. The molecule has 7 heteroatoms. The molecule has 0 saturated heterocycles. The quantitative estimate of drug-likeness (QED) is 0.312. The van der Waals surface area contributed by atoms with Crippen LogP contribution in [0.1, 0.15) is 11.1 Å². The van der Waals surface area contributed by atoms with Crippen LogP contribution >= 0.6 is 24.0 Å². The number of ether oxygens (including phenoxy) is 1. The van der Waals surface area contributed by atoms with Crippen LogP contribution in [0.3, 0.4) is 0 Å². The third kappa shape index (κ3) is 6.21. The van der Waals surface area contributed by atoms with Gasteiger partial charge in [-0.05, 0) is 48.9 Å². The molecule has 1 aromatic heterocycles. The molecule has 5 nitrogen and oxygen atoms in total. The third-order valence-electron chi connectivity index (χ3n) is 3.61. The second-order valence-corrected chi connectivity index (χ2v) is 5.75. The summed E-state index contributed by atoms with van der Waals surface area (Å²) in [6.07, 6.45) is 3.15. The van der Waals surface area contributed by atoms with Gasteiger partial charge in [0, 0.05) is 11.9 Å². The van der Waals surface area contributed by atoms with Crippen LogP contribution in [0.4, 0.5) is 10.1 Å². The van der Waals surface area contributed by atoms with Crippen LogP contribution in [0.2, 0.25) is 0 Å². The van der Waals surface area contributed by atoms with Gasteiger partial charge in [-0.25, -0.2) is 9.38 Å². The molecule has 3 rings (SSSR count). The Bertz CT molecular complexity index is 902. The number of halogens is 2. The zero-order valence-electron chi connectivity index (χ0n) is 14.7. The molecule has 3 aromatic rings. The molecule has 0 aliphatic carbocycles. The first-order valence-corrected chi connectivity index (χ1v) is 8.10. The lowest BCUT2D eigenvalue weighted by Crippen LogP contribution is -2.22. The smallest absolute Gasteiger partial charge is 0.193 e. The molecule has 0 bridgehead atoms. The zero-order chi connectivity index (χ0) is 18.4. The highest BCUT2D eigenvalue weighted by molar-refractivity contribution is 14.0. The molecule has 1 heterocycles. The Labute approximate surface area is 174 Å². The maximum Gasteiger partial charge on any atom is 0.193 e. The monoisotopic (exact) mass is 478 g/mol. The van der Waals surface area contributed by atoms with Crippen LogP contribution in [-0.4, -0.2) is 10.9 Å². The van der Waals surface area contributed by atoms with E-state index >= 15 is 0 Å². The summed E-state index contributed by atoms with van der Waals surface area (Å²) in [5, 5.41) is 3.00. The van der Waals surface area contributed by atoms with Gasteiger partial charge >= 0.3 is 0 Å². The molecule has 140 valence electrons. The molecule has 0 spiro atoms. The number of hydrogen-bond donors (Lipinski definition) is 2. The van der Waals surface area contributed by atoms with Crippen molar-refractivity contribution in [3.05, 3.63) is 83.9 Å². The van der Waals surface area contributed by atoms with Crippen molar-refractivity contribution in [2.75, 3.05) is 5.32 Å². The highest BCUT2D eigenvalue weighted by Crippen LogP contribution is 2.24. The molecule has 0 atom stereocenters. The summed E-state index contributed by atoms with van der Waals surface area (Å²) in [7, 11) is 0. The molecule has 0 amide bonds. The molecule has 0 aliphatic heterocycles. The minimum Gasteiger partial charge on any atom is -0.453 e. The number of anilines is 1. The van der Waals surface area contributed by atoms with Crippen molar-refractivity contribution in [3.8, 4) is 11.5 Å². The summed E-state index contributed by atoms with van der Waals surface area (Å²) in [6.45, 7) is 2.27. The topological polar surface area (TPSA) is 72.5 Å². The standard InChI is InChI=1S/C20H19FN4O.HI/c1-14-4-7-16(8-5-14)25-20(22)24-12-15-6-9-19(18(21)11-15)26-17-3-2-10-23-13-17;/h2-11,13H,12H2,1H3,(H3,22,24,25);1H. The molecule has 0 aliphatic rings. The van der Waals surface area contributed by atoms with Crippen molar-refractivity contribution in [1.29, 1.82) is 0 Å².